The molecule has 0 aliphatic heterocycles. The minimum Gasteiger partial charge on any atom is -0.480 e. The van der Waals surface area contributed by atoms with E-state index in [0.717, 1.165) is 19.2 Å². The minimum absolute atomic E-state index is 0.00987. The number of carbonyl (C=O) groups is 3. The third-order valence-electron chi connectivity index (χ3n) is 3.52. The molecule has 0 aromatic heterocycles. The average molecular weight is 343 g/mol. The van der Waals surface area contributed by atoms with E-state index in [-0.39, 0.29) is 11.1 Å². The highest BCUT2D eigenvalue weighted by molar-refractivity contribution is 6.09. The predicted octanol–water partition coefficient (Wildman–Crippen LogP) is 2.17. The van der Waals surface area contributed by atoms with Gasteiger partial charge < -0.3 is 9.84 Å². The van der Waals surface area contributed by atoms with E-state index < -0.39 is 34.3 Å². The van der Waals surface area contributed by atoms with Crippen LogP contribution in [0.25, 0.3) is 0 Å². The summed E-state index contributed by atoms with van der Waals surface area (Å²) in [5.74, 6) is -5.04. The van der Waals surface area contributed by atoms with Gasteiger partial charge in [0.2, 0.25) is 0 Å². The van der Waals surface area contributed by atoms with E-state index in [0.29, 0.717) is 5.56 Å². The Hall–Kier alpha value is -3.55. The van der Waals surface area contributed by atoms with E-state index in [1.54, 1.807) is 30.3 Å². The van der Waals surface area contributed by atoms with Gasteiger partial charge in [0, 0.05) is 17.2 Å². The molecule has 0 radical (unpaired) electrons. The van der Waals surface area contributed by atoms with Crippen molar-refractivity contribution in [2.75, 3.05) is 7.11 Å². The fourth-order valence-corrected chi connectivity index (χ4v) is 2.32. The summed E-state index contributed by atoms with van der Waals surface area (Å²) in [5.41, 5.74) is -0.656. The topological polar surface area (TPSA) is 124 Å². The summed E-state index contributed by atoms with van der Waals surface area (Å²) in [6.45, 7) is 0. The van der Waals surface area contributed by atoms with E-state index in [2.05, 4.69) is 4.74 Å². The highest BCUT2D eigenvalue weighted by atomic mass is 16.6. The zero-order valence-corrected chi connectivity index (χ0v) is 13.0. The van der Waals surface area contributed by atoms with Gasteiger partial charge in [0.05, 0.1) is 17.6 Å². The van der Waals surface area contributed by atoms with Gasteiger partial charge in [-0.25, -0.2) is 0 Å². The minimum atomic E-state index is -1.86. The first-order valence-corrected chi connectivity index (χ1v) is 7.05. The second-order valence-electron chi connectivity index (χ2n) is 5.02. The third kappa shape index (κ3) is 3.69. The molecule has 1 N–H and O–H groups in total. The number of carboxylic acid groups (broad SMARTS) is 1. The lowest BCUT2D eigenvalue weighted by Crippen LogP contribution is -2.24. The molecule has 128 valence electrons. The van der Waals surface area contributed by atoms with Gasteiger partial charge in [-0.15, -0.1) is 0 Å². The van der Waals surface area contributed by atoms with Crippen molar-refractivity contribution in [3.05, 3.63) is 75.3 Å². The number of methoxy groups -OCH3 is 1. The van der Waals surface area contributed by atoms with Crippen LogP contribution in [0, 0.1) is 10.1 Å². The molecule has 1 atom stereocenters. The smallest absolute Gasteiger partial charge is 0.324 e. The molecular weight excluding hydrogens is 330 g/mol. The largest absolute Gasteiger partial charge is 0.480 e. The number of carboxylic acids is 1. The van der Waals surface area contributed by atoms with Crippen molar-refractivity contribution in [3.63, 3.8) is 0 Å². The SMILES string of the molecule is COC(=O)C(C(=O)O)c1ccc(C(=O)c2ccccc2)cc1[N+](=O)[O-]. The summed E-state index contributed by atoms with van der Waals surface area (Å²) in [6.07, 6.45) is 0. The first-order chi connectivity index (χ1) is 11.9. The standard InChI is InChI=1S/C17H13NO7/c1-25-17(22)14(16(20)21)12-8-7-11(9-13(12)18(23)24)15(19)10-5-3-2-4-6-10/h2-9,14H,1H3,(H,20,21). The monoisotopic (exact) mass is 343 g/mol. The summed E-state index contributed by atoms with van der Waals surface area (Å²) in [6, 6.07) is 11.4. The Balaban J connectivity index is 2.55. The van der Waals surface area contributed by atoms with Gasteiger partial charge in [-0.3, -0.25) is 24.5 Å². The van der Waals surface area contributed by atoms with E-state index in [1.807, 2.05) is 0 Å². The fraction of sp³-hybridized carbons (Fsp3) is 0.118. The number of nitro benzene ring substituents is 1. The van der Waals surface area contributed by atoms with Crippen LogP contribution in [0.2, 0.25) is 0 Å². The van der Waals surface area contributed by atoms with Crippen LogP contribution in [0.15, 0.2) is 48.5 Å². The number of ether oxygens (including phenoxy) is 1. The van der Waals surface area contributed by atoms with Crippen molar-refractivity contribution in [3.8, 4) is 0 Å². The summed E-state index contributed by atoms with van der Waals surface area (Å²) >= 11 is 0. The number of benzene rings is 2. The van der Waals surface area contributed by atoms with Gasteiger partial charge in [0.25, 0.3) is 5.69 Å². The maximum Gasteiger partial charge on any atom is 0.324 e. The summed E-state index contributed by atoms with van der Waals surface area (Å²) in [7, 11) is 0.984. The maximum absolute atomic E-state index is 12.4. The molecule has 0 heterocycles. The molecular formula is C17H13NO7. The molecule has 1 unspecified atom stereocenters. The van der Waals surface area contributed by atoms with Crippen molar-refractivity contribution in [2.45, 2.75) is 5.92 Å². The van der Waals surface area contributed by atoms with E-state index in [9.17, 15) is 29.6 Å². The number of aliphatic carboxylic acids is 1. The van der Waals surface area contributed by atoms with Crippen LogP contribution in [0.1, 0.15) is 27.4 Å². The molecule has 2 rings (SSSR count). The molecule has 2 aromatic rings. The summed E-state index contributed by atoms with van der Waals surface area (Å²) in [5, 5.41) is 20.5. The first kappa shape index (κ1) is 17.8. The number of hydrogen-bond donors (Lipinski definition) is 1. The van der Waals surface area contributed by atoms with E-state index in [1.165, 1.54) is 6.07 Å². The van der Waals surface area contributed by atoms with Gasteiger partial charge in [-0.05, 0) is 6.07 Å². The summed E-state index contributed by atoms with van der Waals surface area (Å²) < 4.78 is 4.40. The molecule has 25 heavy (non-hydrogen) atoms. The van der Waals surface area contributed by atoms with Crippen LogP contribution in [0.4, 0.5) is 5.69 Å². The van der Waals surface area contributed by atoms with Gasteiger partial charge in [-0.2, -0.15) is 0 Å². The van der Waals surface area contributed by atoms with Crippen molar-refractivity contribution in [1.29, 1.82) is 0 Å². The Morgan fingerprint density at radius 2 is 1.72 bits per heavy atom. The predicted molar refractivity (Wildman–Crippen MR) is 85.4 cm³/mol. The normalized spacial score (nSPS) is 11.4. The molecule has 0 saturated carbocycles. The lowest BCUT2D eigenvalue weighted by molar-refractivity contribution is -0.385. The molecule has 0 spiro atoms. The highest BCUT2D eigenvalue weighted by Gasteiger charge is 2.35. The Kier molecular flexibility index (Phi) is 5.23. The van der Waals surface area contributed by atoms with Crippen LogP contribution in [0.5, 0.6) is 0 Å². The number of nitrogens with zero attached hydrogens (tertiary/aromatic N) is 1. The average Bonchev–Trinajstić information content (AvgIpc) is 2.61. The molecule has 8 nitrogen and oxygen atoms in total. The molecule has 0 bridgehead atoms. The lowest BCUT2D eigenvalue weighted by Gasteiger charge is -2.11. The van der Waals surface area contributed by atoms with E-state index >= 15 is 0 Å². The number of hydrogen-bond acceptors (Lipinski definition) is 6. The van der Waals surface area contributed by atoms with Gasteiger partial charge in [-0.1, -0.05) is 36.4 Å². The summed E-state index contributed by atoms with van der Waals surface area (Å²) in [4.78, 5) is 45.9. The number of rotatable bonds is 6. The highest BCUT2D eigenvalue weighted by Crippen LogP contribution is 2.30. The number of carbonyl (C=O) groups excluding carboxylic acids is 2. The second kappa shape index (κ2) is 7.35. The van der Waals surface area contributed by atoms with Crippen LogP contribution < -0.4 is 0 Å². The molecule has 2 aromatic carbocycles. The van der Waals surface area contributed by atoms with Crippen molar-refractivity contribution < 1.29 is 29.2 Å². The molecule has 0 aliphatic rings. The molecule has 0 aliphatic carbocycles. The maximum atomic E-state index is 12.4. The molecule has 0 fully saturated rings. The lowest BCUT2D eigenvalue weighted by atomic mass is 9.94. The first-order valence-electron chi connectivity index (χ1n) is 7.05. The number of nitro groups is 1. The number of ketones is 1. The molecule has 0 amide bonds. The van der Waals surface area contributed by atoms with Crippen molar-refractivity contribution in [2.24, 2.45) is 0 Å². The van der Waals surface area contributed by atoms with Crippen LogP contribution >= 0.6 is 0 Å². The van der Waals surface area contributed by atoms with Gasteiger partial charge >= 0.3 is 11.9 Å². The zero-order chi connectivity index (χ0) is 18.6. The zero-order valence-electron chi connectivity index (χ0n) is 13.0. The quantitative estimate of drug-likeness (QED) is 0.280. The Labute approximate surface area is 141 Å². The van der Waals surface area contributed by atoms with Crippen LogP contribution in [-0.4, -0.2) is 34.9 Å². The van der Waals surface area contributed by atoms with Crippen LogP contribution in [0.3, 0.4) is 0 Å². The second-order valence-corrected chi connectivity index (χ2v) is 5.02. The molecule has 0 saturated heterocycles. The Bertz CT molecular complexity index is 845. The third-order valence-corrected chi connectivity index (χ3v) is 3.52. The Morgan fingerprint density at radius 1 is 1.08 bits per heavy atom. The molecule has 8 heteroatoms. The van der Waals surface area contributed by atoms with Crippen LogP contribution in [-0.2, 0) is 14.3 Å². The fourth-order valence-electron chi connectivity index (χ4n) is 2.32. The van der Waals surface area contributed by atoms with Crippen molar-refractivity contribution in [1.82, 2.24) is 0 Å². The Morgan fingerprint density at radius 3 is 2.24 bits per heavy atom. The van der Waals surface area contributed by atoms with Crippen molar-refractivity contribution >= 4 is 23.4 Å². The van der Waals surface area contributed by atoms with Gasteiger partial charge in [0.1, 0.15) is 0 Å². The number of esters is 1. The van der Waals surface area contributed by atoms with E-state index in [4.69, 9.17) is 0 Å². The van der Waals surface area contributed by atoms with Gasteiger partial charge in [0.15, 0.2) is 11.7 Å².